The quantitative estimate of drug-likeness (QED) is 0.795. The van der Waals surface area contributed by atoms with Crippen LogP contribution in [0.2, 0.25) is 0 Å². The van der Waals surface area contributed by atoms with Crippen molar-refractivity contribution < 1.29 is 14.3 Å². The van der Waals surface area contributed by atoms with Gasteiger partial charge >= 0.3 is 0 Å². The second kappa shape index (κ2) is 6.28. The van der Waals surface area contributed by atoms with Gasteiger partial charge in [0.15, 0.2) is 0 Å². The summed E-state index contributed by atoms with van der Waals surface area (Å²) >= 11 is 0. The first-order valence-corrected chi connectivity index (χ1v) is 7.62. The molecule has 0 spiro atoms. The summed E-state index contributed by atoms with van der Waals surface area (Å²) < 4.78 is 12.7. The number of carbonyl (C=O) groups is 1. The number of hydrogen-bond donors (Lipinski definition) is 1. The van der Waals surface area contributed by atoms with E-state index in [0.717, 1.165) is 22.2 Å². The van der Waals surface area contributed by atoms with E-state index >= 15 is 0 Å². The summed E-state index contributed by atoms with van der Waals surface area (Å²) in [6.45, 7) is 1.89. The smallest absolute Gasteiger partial charge is 0.255 e. The number of anilines is 1. The van der Waals surface area contributed by atoms with E-state index in [1.165, 1.54) is 0 Å². The molecule has 0 atom stereocenters. The van der Waals surface area contributed by atoms with Gasteiger partial charge in [0.1, 0.15) is 11.5 Å². The minimum absolute atomic E-state index is 0.208. The van der Waals surface area contributed by atoms with Gasteiger partial charge in [-0.3, -0.25) is 4.79 Å². The highest BCUT2D eigenvalue weighted by atomic mass is 16.5. The largest absolute Gasteiger partial charge is 0.496 e. The first-order valence-electron chi connectivity index (χ1n) is 7.62. The van der Waals surface area contributed by atoms with Crippen LogP contribution in [0.5, 0.6) is 11.5 Å². The lowest BCUT2D eigenvalue weighted by Gasteiger charge is -2.13. The third-order valence-corrected chi connectivity index (χ3v) is 4.16. The highest BCUT2D eigenvalue weighted by Crippen LogP contribution is 2.30. The summed E-state index contributed by atoms with van der Waals surface area (Å²) in [5.74, 6) is 1.04. The Labute approximate surface area is 140 Å². The van der Waals surface area contributed by atoms with Crippen molar-refractivity contribution in [1.82, 2.24) is 4.57 Å². The molecule has 1 heterocycles. The first-order chi connectivity index (χ1) is 11.5. The molecule has 1 N–H and O–H groups in total. The molecule has 1 aromatic heterocycles. The molecule has 0 fully saturated rings. The topological polar surface area (TPSA) is 52.5 Å². The Bertz CT molecular complexity index is 887. The van der Waals surface area contributed by atoms with E-state index in [-0.39, 0.29) is 5.91 Å². The highest BCUT2D eigenvalue weighted by Gasteiger charge is 2.14. The number of nitrogens with zero attached hydrogens (tertiary/aromatic N) is 1. The van der Waals surface area contributed by atoms with Crippen molar-refractivity contribution in [2.45, 2.75) is 6.92 Å². The van der Waals surface area contributed by atoms with Gasteiger partial charge in [0.05, 0.1) is 14.2 Å². The van der Waals surface area contributed by atoms with Crippen molar-refractivity contribution in [1.29, 1.82) is 0 Å². The van der Waals surface area contributed by atoms with Crippen molar-refractivity contribution in [3.63, 3.8) is 0 Å². The fourth-order valence-corrected chi connectivity index (χ4v) is 2.76. The van der Waals surface area contributed by atoms with Crippen molar-refractivity contribution in [2.75, 3.05) is 19.5 Å². The van der Waals surface area contributed by atoms with Crippen LogP contribution < -0.4 is 14.8 Å². The van der Waals surface area contributed by atoms with Gasteiger partial charge in [-0.05, 0) is 42.6 Å². The van der Waals surface area contributed by atoms with Crippen LogP contribution in [0.15, 0.2) is 42.6 Å². The molecular weight excluding hydrogens is 304 g/mol. The molecule has 0 radical (unpaired) electrons. The number of ether oxygens (including phenoxy) is 2. The molecule has 5 heteroatoms. The van der Waals surface area contributed by atoms with E-state index in [2.05, 4.69) is 5.32 Å². The van der Waals surface area contributed by atoms with E-state index in [0.29, 0.717) is 17.1 Å². The van der Waals surface area contributed by atoms with E-state index in [1.807, 2.05) is 49.0 Å². The maximum Gasteiger partial charge on any atom is 0.255 e. The minimum Gasteiger partial charge on any atom is -0.496 e. The van der Waals surface area contributed by atoms with Gasteiger partial charge in [-0.25, -0.2) is 0 Å². The van der Waals surface area contributed by atoms with Crippen LogP contribution in [0.3, 0.4) is 0 Å². The molecule has 24 heavy (non-hydrogen) atoms. The van der Waals surface area contributed by atoms with Gasteiger partial charge in [-0.2, -0.15) is 0 Å². The van der Waals surface area contributed by atoms with E-state index in [1.54, 1.807) is 26.4 Å². The second-order valence-corrected chi connectivity index (χ2v) is 5.66. The SMILES string of the molecule is COc1cc(C(=O)Nc2ccc3ccn(C)c3c2)cc(OC)c1C. The Balaban J connectivity index is 1.92. The zero-order chi connectivity index (χ0) is 17.3. The predicted octanol–water partition coefficient (Wildman–Crippen LogP) is 3.76. The van der Waals surface area contributed by atoms with Gasteiger partial charge < -0.3 is 19.4 Å². The molecule has 0 aliphatic rings. The van der Waals surface area contributed by atoms with E-state index < -0.39 is 0 Å². The monoisotopic (exact) mass is 324 g/mol. The standard InChI is InChI=1S/C19H20N2O3/c1-12-17(23-3)9-14(10-18(12)24-4)19(22)20-15-6-5-13-7-8-21(2)16(13)11-15/h5-11H,1-4H3,(H,20,22). The van der Waals surface area contributed by atoms with Crippen molar-refractivity contribution in [3.05, 3.63) is 53.7 Å². The molecule has 0 saturated heterocycles. The molecule has 1 amide bonds. The number of fused-ring (bicyclic) bond motifs is 1. The normalized spacial score (nSPS) is 10.7. The van der Waals surface area contributed by atoms with E-state index in [9.17, 15) is 4.79 Å². The molecule has 0 bridgehead atoms. The third kappa shape index (κ3) is 2.80. The zero-order valence-corrected chi connectivity index (χ0v) is 14.2. The Morgan fingerprint density at radius 2 is 1.71 bits per heavy atom. The summed E-state index contributed by atoms with van der Waals surface area (Å²) in [5.41, 5.74) is 3.16. The first kappa shape index (κ1) is 15.9. The fourth-order valence-electron chi connectivity index (χ4n) is 2.76. The fraction of sp³-hybridized carbons (Fsp3) is 0.211. The number of aromatic nitrogens is 1. The average molecular weight is 324 g/mol. The summed E-state index contributed by atoms with van der Waals surface area (Å²) in [5, 5.41) is 4.06. The number of amides is 1. The van der Waals surface area contributed by atoms with Gasteiger partial charge in [0.25, 0.3) is 5.91 Å². The molecule has 0 aliphatic heterocycles. The number of hydrogen-bond acceptors (Lipinski definition) is 3. The summed E-state index contributed by atoms with van der Waals surface area (Å²) in [6, 6.07) is 11.3. The van der Waals surface area contributed by atoms with Crippen LogP contribution in [0.1, 0.15) is 15.9 Å². The lowest BCUT2D eigenvalue weighted by atomic mass is 10.1. The molecule has 2 aromatic carbocycles. The second-order valence-electron chi connectivity index (χ2n) is 5.66. The van der Waals surface area contributed by atoms with Crippen LogP contribution >= 0.6 is 0 Å². The number of rotatable bonds is 4. The molecule has 124 valence electrons. The maximum atomic E-state index is 12.6. The lowest BCUT2D eigenvalue weighted by Crippen LogP contribution is -2.12. The summed E-state index contributed by atoms with van der Waals surface area (Å²) in [7, 11) is 5.13. The third-order valence-electron chi connectivity index (χ3n) is 4.16. The molecular formula is C19H20N2O3. The molecule has 0 aliphatic carbocycles. The average Bonchev–Trinajstić information content (AvgIpc) is 2.95. The van der Waals surface area contributed by atoms with Crippen LogP contribution in [0.4, 0.5) is 5.69 Å². The number of aryl methyl sites for hydroxylation is 1. The Kier molecular flexibility index (Phi) is 4.16. The number of carbonyl (C=O) groups excluding carboxylic acids is 1. The van der Waals surface area contributed by atoms with Crippen LogP contribution in [-0.4, -0.2) is 24.7 Å². The number of nitrogens with one attached hydrogen (secondary N) is 1. The molecule has 3 aromatic rings. The maximum absolute atomic E-state index is 12.6. The van der Waals surface area contributed by atoms with Crippen LogP contribution in [0.25, 0.3) is 10.9 Å². The summed E-state index contributed by atoms with van der Waals surface area (Å²) in [4.78, 5) is 12.6. The van der Waals surface area contributed by atoms with Gasteiger partial charge in [-0.15, -0.1) is 0 Å². The van der Waals surface area contributed by atoms with Crippen LogP contribution in [-0.2, 0) is 7.05 Å². The number of methoxy groups -OCH3 is 2. The van der Waals surface area contributed by atoms with Gasteiger partial charge in [-0.1, -0.05) is 6.07 Å². The summed E-state index contributed by atoms with van der Waals surface area (Å²) in [6.07, 6.45) is 1.99. The van der Waals surface area contributed by atoms with Crippen molar-refractivity contribution in [2.24, 2.45) is 7.05 Å². The van der Waals surface area contributed by atoms with Gasteiger partial charge in [0, 0.05) is 35.6 Å². The molecule has 0 unspecified atom stereocenters. The van der Waals surface area contributed by atoms with Crippen molar-refractivity contribution in [3.8, 4) is 11.5 Å². The Hall–Kier alpha value is -2.95. The highest BCUT2D eigenvalue weighted by molar-refractivity contribution is 6.05. The number of benzene rings is 2. The van der Waals surface area contributed by atoms with Gasteiger partial charge in [0.2, 0.25) is 0 Å². The Morgan fingerprint density at radius 3 is 2.33 bits per heavy atom. The van der Waals surface area contributed by atoms with Crippen molar-refractivity contribution >= 4 is 22.5 Å². The Morgan fingerprint density at radius 1 is 1.04 bits per heavy atom. The van der Waals surface area contributed by atoms with Crippen LogP contribution in [0, 0.1) is 6.92 Å². The predicted molar refractivity (Wildman–Crippen MR) is 95.2 cm³/mol. The lowest BCUT2D eigenvalue weighted by molar-refractivity contribution is 0.102. The van der Waals surface area contributed by atoms with E-state index in [4.69, 9.17) is 9.47 Å². The molecule has 5 nitrogen and oxygen atoms in total. The molecule has 0 saturated carbocycles. The minimum atomic E-state index is -0.208. The zero-order valence-electron chi connectivity index (χ0n) is 14.2. The molecule has 3 rings (SSSR count).